The highest BCUT2D eigenvalue weighted by Gasteiger charge is 2.24. The van der Waals surface area contributed by atoms with Crippen LogP contribution in [0.1, 0.15) is 0 Å². The minimum atomic E-state index is 0.954. The first-order chi connectivity index (χ1) is 27.8. The summed E-state index contributed by atoms with van der Waals surface area (Å²) in [6, 6.07) is 76.3. The van der Waals surface area contributed by atoms with Crippen LogP contribution in [0.15, 0.2) is 212 Å². The number of rotatable bonds is 6. The van der Waals surface area contributed by atoms with Crippen molar-refractivity contribution in [3.8, 4) is 61.6 Å². The lowest BCUT2D eigenvalue weighted by Crippen LogP contribution is -1.97. The standard InChI is InChI=1S/C53H35N3/c1-6-18-36(19-7-1)44-33-41-34-50(38-22-10-3-11-23-38)56-53(46(41)35-45(44)37-20-8-2-9-21-37)51(52(54-56)39-24-12-4-13-25-39)40-30-31-49-47(32-40)43-28-16-17-29-48(43)55(49)42-26-14-5-15-27-42/h1-35H. The lowest BCUT2D eigenvalue weighted by Gasteiger charge is -2.16. The number of fused-ring (bicyclic) bond motifs is 6. The highest BCUT2D eigenvalue weighted by atomic mass is 15.2. The molecule has 0 saturated heterocycles. The van der Waals surface area contributed by atoms with Gasteiger partial charge in [-0.2, -0.15) is 5.10 Å². The maximum atomic E-state index is 5.58. The maximum absolute atomic E-state index is 5.58. The van der Waals surface area contributed by atoms with E-state index in [9.17, 15) is 0 Å². The Hall–Kier alpha value is -7.49. The monoisotopic (exact) mass is 713 g/mol. The Labute approximate surface area is 325 Å². The van der Waals surface area contributed by atoms with Gasteiger partial charge in [0.25, 0.3) is 0 Å². The SMILES string of the molecule is c1ccc(-c2cc3cc(-c4ccccc4)n4nc(-c5ccccc5)c(-c5ccc6c(c5)c5ccccc5n6-c5ccccc5)c4c3cc2-c2ccccc2)cc1. The van der Waals surface area contributed by atoms with E-state index in [0.29, 0.717) is 0 Å². The highest BCUT2D eigenvalue weighted by molar-refractivity contribution is 6.15. The summed E-state index contributed by atoms with van der Waals surface area (Å²) in [5.41, 5.74) is 15.8. The third-order valence-corrected chi connectivity index (χ3v) is 11.1. The first kappa shape index (κ1) is 32.0. The van der Waals surface area contributed by atoms with Gasteiger partial charge in [0.1, 0.15) is 5.69 Å². The van der Waals surface area contributed by atoms with E-state index in [4.69, 9.17) is 5.10 Å². The average molecular weight is 714 g/mol. The fraction of sp³-hybridized carbons (Fsp3) is 0. The zero-order chi connectivity index (χ0) is 37.0. The summed E-state index contributed by atoms with van der Waals surface area (Å²) < 4.78 is 4.58. The van der Waals surface area contributed by atoms with Gasteiger partial charge in [0, 0.05) is 38.5 Å². The van der Waals surface area contributed by atoms with Gasteiger partial charge in [-0.1, -0.05) is 164 Å². The minimum Gasteiger partial charge on any atom is -0.309 e. The quantitative estimate of drug-likeness (QED) is 0.168. The molecule has 0 aliphatic rings. The Balaban J connectivity index is 1.30. The zero-order valence-electron chi connectivity index (χ0n) is 30.5. The Morgan fingerprint density at radius 2 is 0.893 bits per heavy atom. The normalized spacial score (nSPS) is 11.6. The van der Waals surface area contributed by atoms with Crippen molar-refractivity contribution in [2.24, 2.45) is 0 Å². The second kappa shape index (κ2) is 13.1. The summed E-state index contributed by atoms with van der Waals surface area (Å²) in [7, 11) is 0. The van der Waals surface area contributed by atoms with Crippen LogP contribution in [0.3, 0.4) is 0 Å². The minimum absolute atomic E-state index is 0.954. The third-order valence-electron chi connectivity index (χ3n) is 11.1. The van der Waals surface area contributed by atoms with E-state index in [1.807, 2.05) is 0 Å². The number of aromatic nitrogens is 3. The van der Waals surface area contributed by atoms with Crippen LogP contribution in [0, 0.1) is 0 Å². The molecule has 3 heterocycles. The molecule has 0 spiro atoms. The van der Waals surface area contributed by atoms with Crippen LogP contribution in [-0.4, -0.2) is 14.2 Å². The molecule has 262 valence electrons. The summed E-state index contributed by atoms with van der Waals surface area (Å²) in [5.74, 6) is 0. The van der Waals surface area contributed by atoms with E-state index in [0.717, 1.165) is 55.6 Å². The molecule has 0 aliphatic heterocycles. The summed E-state index contributed by atoms with van der Waals surface area (Å²) in [4.78, 5) is 0. The van der Waals surface area contributed by atoms with Gasteiger partial charge in [0.2, 0.25) is 0 Å². The van der Waals surface area contributed by atoms with E-state index in [1.54, 1.807) is 0 Å². The van der Waals surface area contributed by atoms with Crippen LogP contribution in [0.4, 0.5) is 0 Å². The molecule has 0 amide bonds. The molecule has 11 rings (SSSR count). The fourth-order valence-corrected chi connectivity index (χ4v) is 8.57. The first-order valence-corrected chi connectivity index (χ1v) is 19.1. The molecule has 0 fully saturated rings. The van der Waals surface area contributed by atoms with Gasteiger partial charge in [0.05, 0.1) is 22.2 Å². The van der Waals surface area contributed by atoms with Crippen molar-refractivity contribution in [1.29, 1.82) is 0 Å². The average Bonchev–Trinajstić information content (AvgIpc) is 3.84. The fourth-order valence-electron chi connectivity index (χ4n) is 8.57. The number of hydrogen-bond acceptors (Lipinski definition) is 1. The number of para-hydroxylation sites is 2. The molecule has 0 N–H and O–H groups in total. The second-order valence-electron chi connectivity index (χ2n) is 14.4. The van der Waals surface area contributed by atoms with Crippen LogP contribution in [-0.2, 0) is 0 Å². The van der Waals surface area contributed by atoms with Crippen molar-refractivity contribution in [2.75, 3.05) is 0 Å². The van der Waals surface area contributed by atoms with Gasteiger partial charge in [0.15, 0.2) is 0 Å². The molecule has 0 bridgehead atoms. The van der Waals surface area contributed by atoms with Crippen LogP contribution in [0.2, 0.25) is 0 Å². The zero-order valence-corrected chi connectivity index (χ0v) is 30.5. The van der Waals surface area contributed by atoms with Crippen molar-refractivity contribution in [1.82, 2.24) is 14.2 Å². The Kier molecular flexibility index (Phi) is 7.49. The van der Waals surface area contributed by atoms with Crippen LogP contribution >= 0.6 is 0 Å². The van der Waals surface area contributed by atoms with Gasteiger partial charge >= 0.3 is 0 Å². The van der Waals surface area contributed by atoms with E-state index in [1.165, 1.54) is 44.1 Å². The van der Waals surface area contributed by atoms with Crippen LogP contribution < -0.4 is 0 Å². The highest BCUT2D eigenvalue weighted by Crippen LogP contribution is 2.45. The van der Waals surface area contributed by atoms with Crippen LogP contribution in [0.25, 0.3) is 99.7 Å². The lowest BCUT2D eigenvalue weighted by atomic mass is 9.89. The van der Waals surface area contributed by atoms with Crippen molar-refractivity contribution < 1.29 is 0 Å². The van der Waals surface area contributed by atoms with Crippen LogP contribution in [0.5, 0.6) is 0 Å². The molecular formula is C53H35N3. The molecule has 0 atom stereocenters. The molecule has 56 heavy (non-hydrogen) atoms. The molecule has 0 radical (unpaired) electrons. The molecule has 3 nitrogen and oxygen atoms in total. The number of benzene rings is 8. The van der Waals surface area contributed by atoms with Gasteiger partial charge in [-0.15, -0.1) is 0 Å². The summed E-state index contributed by atoms with van der Waals surface area (Å²) in [5, 5.41) is 10.3. The van der Waals surface area contributed by atoms with Crippen molar-refractivity contribution >= 4 is 38.1 Å². The van der Waals surface area contributed by atoms with Gasteiger partial charge in [-0.3, -0.25) is 0 Å². The Morgan fingerprint density at radius 1 is 0.357 bits per heavy atom. The van der Waals surface area contributed by atoms with E-state index < -0.39 is 0 Å². The van der Waals surface area contributed by atoms with Gasteiger partial charge < -0.3 is 4.57 Å². The molecule has 0 saturated carbocycles. The topological polar surface area (TPSA) is 22.2 Å². The molecule has 3 heteroatoms. The lowest BCUT2D eigenvalue weighted by molar-refractivity contribution is 0.979. The van der Waals surface area contributed by atoms with E-state index in [2.05, 4.69) is 221 Å². The van der Waals surface area contributed by atoms with E-state index >= 15 is 0 Å². The molecule has 3 aromatic heterocycles. The molecule has 8 aromatic carbocycles. The number of nitrogens with zero attached hydrogens (tertiary/aromatic N) is 3. The van der Waals surface area contributed by atoms with Crippen molar-refractivity contribution in [3.05, 3.63) is 212 Å². The predicted octanol–water partition coefficient (Wildman–Crippen LogP) is 13.9. The predicted molar refractivity (Wildman–Crippen MR) is 234 cm³/mol. The largest absolute Gasteiger partial charge is 0.309 e. The van der Waals surface area contributed by atoms with Gasteiger partial charge in [-0.25, -0.2) is 4.52 Å². The molecule has 11 aromatic rings. The molecule has 0 aliphatic carbocycles. The van der Waals surface area contributed by atoms with Crippen molar-refractivity contribution in [2.45, 2.75) is 0 Å². The smallest absolute Gasteiger partial charge is 0.101 e. The summed E-state index contributed by atoms with van der Waals surface area (Å²) >= 11 is 0. The summed E-state index contributed by atoms with van der Waals surface area (Å²) in [6.07, 6.45) is 0. The third kappa shape index (κ3) is 5.17. The number of hydrogen-bond donors (Lipinski definition) is 0. The Morgan fingerprint density at radius 3 is 1.55 bits per heavy atom. The van der Waals surface area contributed by atoms with Gasteiger partial charge in [-0.05, 0) is 81.7 Å². The van der Waals surface area contributed by atoms with E-state index in [-0.39, 0.29) is 0 Å². The maximum Gasteiger partial charge on any atom is 0.101 e. The molecular weight excluding hydrogens is 679 g/mol. The number of pyridine rings is 1. The Bertz CT molecular complexity index is 3200. The summed E-state index contributed by atoms with van der Waals surface area (Å²) in [6.45, 7) is 0. The molecule has 0 unspecified atom stereocenters. The van der Waals surface area contributed by atoms with Crippen molar-refractivity contribution in [3.63, 3.8) is 0 Å². The first-order valence-electron chi connectivity index (χ1n) is 19.1. The second-order valence-corrected chi connectivity index (χ2v) is 14.4.